The highest BCUT2D eigenvalue weighted by atomic mass is 35.5. The van der Waals surface area contributed by atoms with Gasteiger partial charge < -0.3 is 4.74 Å². The van der Waals surface area contributed by atoms with Crippen LogP contribution in [0.2, 0.25) is 5.02 Å². The van der Waals surface area contributed by atoms with Gasteiger partial charge in [-0.2, -0.15) is 0 Å². The van der Waals surface area contributed by atoms with E-state index in [1.54, 1.807) is 62.9 Å². The lowest BCUT2D eigenvalue weighted by Crippen LogP contribution is -2.35. The second-order valence-corrected chi connectivity index (χ2v) is 10.5. The van der Waals surface area contributed by atoms with Crippen LogP contribution in [-0.4, -0.2) is 32.3 Å². The number of thioether (sulfide) groups is 1. The van der Waals surface area contributed by atoms with Crippen molar-refractivity contribution in [3.05, 3.63) is 53.1 Å². The van der Waals surface area contributed by atoms with Gasteiger partial charge >= 0.3 is 5.97 Å². The molecule has 144 valence electrons. The lowest BCUT2D eigenvalue weighted by Gasteiger charge is -2.30. The molecule has 1 aliphatic rings. The Morgan fingerprint density at radius 3 is 2.59 bits per heavy atom. The fraction of sp³-hybridized carbons (Fsp3) is 0.316. The second-order valence-electron chi connectivity index (χ2n) is 7.07. The first-order chi connectivity index (χ1) is 12.6. The van der Waals surface area contributed by atoms with E-state index in [1.165, 1.54) is 16.4 Å². The average molecular weight is 426 g/mol. The highest BCUT2D eigenvalue weighted by molar-refractivity contribution is 8.00. The Labute approximate surface area is 168 Å². The van der Waals surface area contributed by atoms with Crippen molar-refractivity contribution < 1.29 is 17.9 Å². The summed E-state index contributed by atoms with van der Waals surface area (Å²) in [6, 6.07) is 11.2. The van der Waals surface area contributed by atoms with Gasteiger partial charge in [-0.25, -0.2) is 13.2 Å². The maximum Gasteiger partial charge on any atom is 0.338 e. The van der Waals surface area contributed by atoms with Crippen molar-refractivity contribution in [2.75, 3.05) is 16.6 Å². The zero-order chi connectivity index (χ0) is 19.8. The number of carbonyl (C=O) groups excluding carboxylic acids is 1. The smallest absolute Gasteiger partial charge is 0.338 e. The van der Waals surface area contributed by atoms with E-state index in [2.05, 4.69) is 0 Å². The summed E-state index contributed by atoms with van der Waals surface area (Å²) < 4.78 is 33.0. The zero-order valence-electron chi connectivity index (χ0n) is 15.2. The van der Waals surface area contributed by atoms with Crippen molar-refractivity contribution in [1.82, 2.24) is 0 Å². The minimum Gasteiger partial charge on any atom is -0.456 e. The Balaban J connectivity index is 2.02. The fourth-order valence-corrected chi connectivity index (χ4v) is 5.59. The van der Waals surface area contributed by atoms with Gasteiger partial charge in [0, 0.05) is 22.2 Å². The van der Waals surface area contributed by atoms with E-state index in [0.717, 1.165) is 4.90 Å². The third kappa shape index (κ3) is 4.42. The lowest BCUT2D eigenvalue weighted by atomic mass is 10.1. The number of carbonyl (C=O) groups is 1. The molecule has 27 heavy (non-hydrogen) atoms. The third-order valence-corrected chi connectivity index (χ3v) is 6.89. The summed E-state index contributed by atoms with van der Waals surface area (Å²) in [4.78, 5) is 13.3. The van der Waals surface area contributed by atoms with Gasteiger partial charge in [-0.05, 0) is 57.2 Å². The normalized spacial score (nSPS) is 14.6. The molecule has 8 heteroatoms. The molecule has 0 saturated heterocycles. The molecular formula is C19H20ClNO4S2. The number of hydrogen-bond donors (Lipinski definition) is 0. The summed E-state index contributed by atoms with van der Waals surface area (Å²) >= 11 is 7.53. The molecule has 0 N–H and O–H groups in total. The predicted octanol–water partition coefficient (Wildman–Crippen LogP) is 4.60. The number of hydrogen-bond acceptors (Lipinski definition) is 5. The number of esters is 1. The van der Waals surface area contributed by atoms with Crippen molar-refractivity contribution in [3.8, 4) is 0 Å². The van der Waals surface area contributed by atoms with E-state index in [9.17, 15) is 13.2 Å². The van der Waals surface area contributed by atoms with E-state index in [4.69, 9.17) is 16.3 Å². The van der Waals surface area contributed by atoms with Crippen molar-refractivity contribution >= 4 is 45.0 Å². The molecule has 0 aliphatic carbocycles. The number of ether oxygens (including phenoxy) is 1. The predicted molar refractivity (Wildman–Crippen MR) is 108 cm³/mol. The number of halogens is 1. The van der Waals surface area contributed by atoms with E-state index in [0.29, 0.717) is 28.6 Å². The molecule has 2 aromatic carbocycles. The zero-order valence-corrected chi connectivity index (χ0v) is 17.6. The number of benzene rings is 2. The van der Waals surface area contributed by atoms with Gasteiger partial charge in [0.05, 0.1) is 16.1 Å². The van der Waals surface area contributed by atoms with Gasteiger partial charge in [0.25, 0.3) is 10.0 Å². The molecular weight excluding hydrogens is 406 g/mol. The summed E-state index contributed by atoms with van der Waals surface area (Å²) in [6.07, 6.45) is 0. The van der Waals surface area contributed by atoms with Gasteiger partial charge in [0.15, 0.2) is 0 Å². The maximum absolute atomic E-state index is 13.2. The van der Waals surface area contributed by atoms with Gasteiger partial charge in [-0.3, -0.25) is 4.31 Å². The molecule has 1 aliphatic heterocycles. The monoisotopic (exact) mass is 425 g/mol. The first-order valence-corrected chi connectivity index (χ1v) is 11.2. The Bertz CT molecular complexity index is 983. The molecule has 0 spiro atoms. The Morgan fingerprint density at radius 2 is 1.93 bits per heavy atom. The molecule has 3 rings (SSSR count). The SMILES string of the molecule is CC(C)(C)OC(=O)c1ccc2c(c1)N(S(=O)(=O)c1cccc(Cl)c1)CCS2. The molecule has 0 bridgehead atoms. The van der Waals surface area contributed by atoms with Crippen LogP contribution in [0.3, 0.4) is 0 Å². The van der Waals surface area contributed by atoms with E-state index in [1.807, 2.05) is 0 Å². The first kappa shape index (κ1) is 20.0. The van der Waals surface area contributed by atoms with Crippen molar-refractivity contribution in [2.24, 2.45) is 0 Å². The van der Waals surface area contributed by atoms with Crippen LogP contribution in [0.25, 0.3) is 0 Å². The summed E-state index contributed by atoms with van der Waals surface area (Å²) in [6.45, 7) is 5.67. The van der Waals surface area contributed by atoms with Gasteiger partial charge in [-0.1, -0.05) is 17.7 Å². The van der Waals surface area contributed by atoms with Crippen LogP contribution < -0.4 is 4.31 Å². The highest BCUT2D eigenvalue weighted by Gasteiger charge is 2.31. The molecule has 5 nitrogen and oxygen atoms in total. The van der Waals surface area contributed by atoms with E-state index < -0.39 is 21.6 Å². The standard InChI is InChI=1S/C19H20ClNO4S2/c1-19(2,3)25-18(22)13-7-8-17-16(11-13)21(9-10-26-17)27(23,24)15-6-4-5-14(20)12-15/h4-8,11-12H,9-10H2,1-3H3. The van der Waals surface area contributed by atoms with Crippen LogP contribution in [0.5, 0.6) is 0 Å². The molecule has 0 fully saturated rings. The number of nitrogens with zero attached hydrogens (tertiary/aromatic N) is 1. The molecule has 1 heterocycles. The number of sulfonamides is 1. The second kappa shape index (κ2) is 7.37. The molecule has 0 aromatic heterocycles. The van der Waals surface area contributed by atoms with Crippen molar-refractivity contribution in [1.29, 1.82) is 0 Å². The largest absolute Gasteiger partial charge is 0.456 e. The summed E-state index contributed by atoms with van der Waals surface area (Å²) in [7, 11) is -3.79. The molecule has 2 aromatic rings. The lowest BCUT2D eigenvalue weighted by molar-refractivity contribution is 0.00694. The Morgan fingerprint density at radius 1 is 1.19 bits per heavy atom. The van der Waals surface area contributed by atoms with Gasteiger partial charge in [-0.15, -0.1) is 11.8 Å². The van der Waals surface area contributed by atoms with Crippen LogP contribution >= 0.6 is 23.4 Å². The van der Waals surface area contributed by atoms with Crippen LogP contribution in [0.4, 0.5) is 5.69 Å². The Kier molecular flexibility index (Phi) is 5.47. The highest BCUT2D eigenvalue weighted by Crippen LogP contribution is 2.38. The third-order valence-electron chi connectivity index (χ3n) is 3.80. The average Bonchev–Trinajstić information content (AvgIpc) is 2.59. The van der Waals surface area contributed by atoms with Crippen molar-refractivity contribution in [3.63, 3.8) is 0 Å². The van der Waals surface area contributed by atoms with Crippen LogP contribution in [0, 0.1) is 0 Å². The number of rotatable bonds is 3. The minimum atomic E-state index is -3.79. The summed E-state index contributed by atoms with van der Waals surface area (Å²) in [5, 5.41) is 0.352. The fourth-order valence-electron chi connectivity index (χ4n) is 2.66. The minimum absolute atomic E-state index is 0.121. The van der Waals surface area contributed by atoms with Crippen LogP contribution in [-0.2, 0) is 14.8 Å². The van der Waals surface area contributed by atoms with Crippen LogP contribution in [0.15, 0.2) is 52.3 Å². The van der Waals surface area contributed by atoms with E-state index in [-0.39, 0.29) is 4.90 Å². The number of fused-ring (bicyclic) bond motifs is 1. The van der Waals surface area contributed by atoms with E-state index >= 15 is 0 Å². The quantitative estimate of drug-likeness (QED) is 0.672. The van der Waals surface area contributed by atoms with Crippen molar-refractivity contribution in [2.45, 2.75) is 36.2 Å². The molecule has 0 radical (unpaired) electrons. The summed E-state index contributed by atoms with van der Waals surface area (Å²) in [5.41, 5.74) is 0.168. The Hall–Kier alpha value is -1.70. The van der Waals surface area contributed by atoms with Gasteiger partial charge in [0.1, 0.15) is 5.60 Å². The van der Waals surface area contributed by atoms with Gasteiger partial charge in [0.2, 0.25) is 0 Å². The summed E-state index contributed by atoms with van der Waals surface area (Å²) in [5.74, 6) is 0.138. The molecule has 0 amide bonds. The maximum atomic E-state index is 13.2. The first-order valence-electron chi connectivity index (χ1n) is 8.36. The molecule has 0 saturated carbocycles. The molecule has 0 atom stereocenters. The topological polar surface area (TPSA) is 63.7 Å². The van der Waals surface area contributed by atoms with Crippen LogP contribution in [0.1, 0.15) is 31.1 Å². The number of anilines is 1. The molecule has 0 unspecified atom stereocenters.